The van der Waals surface area contributed by atoms with E-state index in [0.29, 0.717) is 0 Å². The summed E-state index contributed by atoms with van der Waals surface area (Å²) in [5.41, 5.74) is 15.1. The minimum absolute atomic E-state index is 0.226. The zero-order valence-corrected chi connectivity index (χ0v) is 63.6. The molecule has 392 valence electrons. The Morgan fingerprint density at radius 1 is 0.243 bits per heavy atom. The molecule has 0 bridgehead atoms. The first kappa shape index (κ1) is 61.9. The van der Waals surface area contributed by atoms with Crippen molar-refractivity contribution in [3.8, 4) is 0 Å². The molecule has 0 radical (unpaired) electrons. The van der Waals surface area contributed by atoms with E-state index in [9.17, 15) is 0 Å². The summed E-state index contributed by atoms with van der Waals surface area (Å²) >= 11 is 0. The number of hydrogen-bond acceptors (Lipinski definition) is 0. The highest BCUT2D eigenvalue weighted by Crippen LogP contribution is 2.53. The number of allylic oxidation sites excluding steroid dienone is 4. The maximum Gasteiger partial charge on any atom is 0.162 e. The van der Waals surface area contributed by atoms with Crippen LogP contribution in [0.25, 0.3) is 0 Å². The lowest BCUT2D eigenvalue weighted by Gasteiger charge is -2.56. The molecule has 70 heavy (non-hydrogen) atoms. The van der Waals surface area contributed by atoms with Crippen molar-refractivity contribution in [1.29, 1.82) is 0 Å². The van der Waals surface area contributed by atoms with Crippen LogP contribution in [0.1, 0.15) is 61.1 Å². The van der Waals surface area contributed by atoms with Gasteiger partial charge in [0.25, 0.3) is 0 Å². The molecular formula is C60H112Si10. The van der Waals surface area contributed by atoms with Gasteiger partial charge in [0.2, 0.25) is 0 Å². The van der Waals surface area contributed by atoms with E-state index in [4.69, 9.17) is 0 Å². The fourth-order valence-electron chi connectivity index (χ4n) is 15.7. The van der Waals surface area contributed by atoms with Gasteiger partial charge < -0.3 is 0 Å². The maximum atomic E-state index is 2.96. The highest BCUT2D eigenvalue weighted by atomic mass is 28.3. The summed E-state index contributed by atoms with van der Waals surface area (Å²) in [6, 6.07) is 0. The molecule has 0 aliphatic heterocycles. The van der Waals surface area contributed by atoms with Crippen LogP contribution in [0.3, 0.4) is 0 Å². The first-order chi connectivity index (χ1) is 30.6. The second-order valence-electron chi connectivity index (χ2n) is 32.5. The van der Waals surface area contributed by atoms with Crippen LogP contribution in [0.2, 0.25) is 182 Å². The van der Waals surface area contributed by atoms with Crippen LogP contribution in [0.5, 0.6) is 0 Å². The van der Waals surface area contributed by atoms with Gasteiger partial charge in [-0.25, -0.2) is 0 Å². The van der Waals surface area contributed by atoms with E-state index in [0.717, 1.165) is 0 Å². The average Bonchev–Trinajstić information content (AvgIpc) is 3.28. The zero-order chi connectivity index (χ0) is 55.3. The molecular weight excluding hydrogens is 1000 g/mol. The first-order valence-corrected chi connectivity index (χ1v) is 61.1. The van der Waals surface area contributed by atoms with Gasteiger partial charge in [0.05, 0.1) is 72.7 Å². The van der Waals surface area contributed by atoms with E-state index >= 15 is 0 Å². The molecule has 3 aromatic rings. The van der Waals surface area contributed by atoms with Crippen LogP contribution < -0.4 is 62.2 Å². The highest BCUT2D eigenvalue weighted by Gasteiger charge is 2.63. The van der Waals surface area contributed by atoms with Crippen molar-refractivity contribution in [2.24, 2.45) is 0 Å². The van der Waals surface area contributed by atoms with Crippen LogP contribution in [-0.2, 0) is 0 Å². The second-order valence-corrected chi connectivity index (χ2v) is 81.6. The van der Waals surface area contributed by atoms with Gasteiger partial charge >= 0.3 is 0 Å². The fraction of sp³-hybridized carbons (Fsp3) is 0.633. The number of hydrogen-bond donors (Lipinski definition) is 0. The van der Waals surface area contributed by atoms with E-state index in [1.54, 1.807) is 44.5 Å². The van der Waals surface area contributed by atoms with Gasteiger partial charge in [-0.15, -0.1) is 0 Å². The Bertz CT molecular complexity index is 2430. The number of rotatable bonds is 13. The summed E-state index contributed by atoms with van der Waals surface area (Å²) in [5.74, 6) is 0. The summed E-state index contributed by atoms with van der Waals surface area (Å²) in [7, 11) is -21.4. The van der Waals surface area contributed by atoms with Crippen molar-refractivity contribution in [1.82, 2.24) is 0 Å². The lowest BCUT2D eigenvalue weighted by Crippen LogP contribution is -2.88. The summed E-state index contributed by atoms with van der Waals surface area (Å²) < 4.78 is 0. The van der Waals surface area contributed by atoms with Gasteiger partial charge in [-0.05, 0) is 83.4 Å². The van der Waals surface area contributed by atoms with Gasteiger partial charge in [-0.3, -0.25) is 0 Å². The summed E-state index contributed by atoms with van der Waals surface area (Å²) in [5, 5.41) is 22.0. The van der Waals surface area contributed by atoms with Crippen LogP contribution in [0.15, 0.2) is 22.8 Å². The van der Waals surface area contributed by atoms with E-state index in [-0.39, 0.29) is 5.04 Å². The number of benzene rings is 3. The van der Waals surface area contributed by atoms with Crippen LogP contribution >= 0.6 is 0 Å². The topological polar surface area (TPSA) is 0 Å². The molecule has 0 saturated heterocycles. The fourth-order valence-corrected chi connectivity index (χ4v) is 55.2. The predicted molar refractivity (Wildman–Crippen MR) is 360 cm³/mol. The Morgan fingerprint density at radius 2 is 0.386 bits per heavy atom. The van der Waals surface area contributed by atoms with Gasteiger partial charge in [-0.2, -0.15) is 0 Å². The smallest absolute Gasteiger partial charge is 0.0730 e. The summed E-state index contributed by atoms with van der Waals surface area (Å²) in [6.45, 7) is 101. The van der Waals surface area contributed by atoms with Crippen molar-refractivity contribution in [2.75, 3.05) is 0 Å². The molecule has 0 heterocycles. The Morgan fingerprint density at radius 3 is 0.514 bits per heavy atom. The molecule has 3 aromatic carbocycles. The van der Waals surface area contributed by atoms with Crippen molar-refractivity contribution >= 4 is 143 Å². The quantitative estimate of drug-likeness (QED) is 0.118. The van der Waals surface area contributed by atoms with E-state index in [1.165, 1.54) is 5.57 Å². The third-order valence-electron chi connectivity index (χ3n) is 17.1. The van der Waals surface area contributed by atoms with Gasteiger partial charge in [0.1, 0.15) is 0 Å². The molecule has 1 aliphatic carbocycles. The molecule has 0 spiro atoms. The van der Waals surface area contributed by atoms with Crippen molar-refractivity contribution in [3.63, 3.8) is 0 Å². The Balaban J connectivity index is 3.13. The monoisotopic (exact) mass is 1110 g/mol. The van der Waals surface area contributed by atoms with Gasteiger partial charge in [-0.1, -0.05) is 281 Å². The molecule has 0 aromatic heterocycles. The Hall–Kier alpha value is -0.691. The second kappa shape index (κ2) is 18.5. The molecule has 1 atom stereocenters. The highest BCUT2D eigenvalue weighted by molar-refractivity contribution is 7.23. The van der Waals surface area contributed by atoms with E-state index in [2.05, 4.69) is 252 Å². The molecule has 0 N–H and O–H groups in total. The maximum absolute atomic E-state index is 3.45. The third-order valence-corrected chi connectivity index (χ3v) is 43.9. The van der Waals surface area contributed by atoms with Crippen molar-refractivity contribution < 1.29 is 0 Å². The molecule has 0 fully saturated rings. The standard InChI is InChI=1S/C60H112Si10/c1-39-38-60(10,47(9)40(39)2)70(57-44(6)51(64(20,21)22)48(61(11,12)13)41(3)54(57)67(29,30)31,58-45(7)52(65(23,24)25)49(62(14,15)16)42(4)55(58)68(32,33)34)59-46(8)53(66(26,27)28)50(63(17,18)19)43(5)56(59)69(35,36)37/h38H,1-37H3. The van der Waals surface area contributed by atoms with Crippen LogP contribution in [0, 0.1) is 41.5 Å². The largest absolute Gasteiger partial charge is 0.162 e. The lowest BCUT2D eigenvalue weighted by molar-refractivity contribution is 0.870. The van der Waals surface area contributed by atoms with Crippen molar-refractivity contribution in [3.05, 3.63) is 56.2 Å². The van der Waals surface area contributed by atoms with Gasteiger partial charge in [0.15, 0.2) is 8.07 Å². The zero-order valence-electron chi connectivity index (χ0n) is 53.6. The van der Waals surface area contributed by atoms with Crippen LogP contribution in [0.4, 0.5) is 0 Å². The van der Waals surface area contributed by atoms with Crippen molar-refractivity contribution in [2.45, 2.75) is 251 Å². The molecule has 0 saturated carbocycles. The first-order valence-electron chi connectivity index (χ1n) is 27.6. The molecule has 1 aliphatic rings. The third kappa shape index (κ3) is 10.1. The molecule has 1 unspecified atom stereocenters. The molecule has 0 amide bonds. The summed E-state index contributed by atoms with van der Waals surface area (Å²) in [6.07, 6.45) is 2.96. The normalized spacial score (nSPS) is 17.6. The predicted octanol–water partition coefficient (Wildman–Crippen LogP) is 12.0. The molecule has 4 rings (SSSR count). The Labute approximate surface area is 446 Å². The Kier molecular flexibility index (Phi) is 16.4. The average molecular weight is 1110 g/mol. The minimum atomic E-state index is -3.45. The van der Waals surface area contributed by atoms with E-state index in [1.807, 2.05) is 62.2 Å². The molecule has 0 nitrogen and oxygen atoms in total. The summed E-state index contributed by atoms with van der Waals surface area (Å²) in [4.78, 5) is 0. The lowest BCUT2D eigenvalue weighted by atomic mass is 10.0. The SMILES string of the molecule is CC1=CC(C)([Si](c2c(C)c([Si](C)(C)C)c([Si](C)(C)C)c(C)c2[Si](C)(C)C)(c2c(C)c([Si](C)(C)C)c([Si](C)(C)C)c(C)c2[Si](C)(C)C)c2c(C)c([Si](C)(C)C)c([Si](C)(C)C)c(C)c2[Si](C)(C)C)C(C)=C1C. The van der Waals surface area contributed by atoms with Crippen LogP contribution in [-0.4, -0.2) is 80.7 Å². The van der Waals surface area contributed by atoms with Gasteiger partial charge in [0, 0.05) is 5.04 Å². The minimum Gasteiger partial charge on any atom is -0.0730 e. The molecule has 10 heteroatoms. The van der Waals surface area contributed by atoms with E-state index < -0.39 is 80.7 Å².